The number of hydrogen-bond acceptors (Lipinski definition) is 3. The number of carbonyl (C=O) groups excluding carboxylic acids is 1. The van der Waals surface area contributed by atoms with E-state index in [2.05, 4.69) is 17.2 Å². The average molecular weight is 320 g/mol. The van der Waals surface area contributed by atoms with Gasteiger partial charge in [0.25, 0.3) is 5.91 Å². The van der Waals surface area contributed by atoms with Gasteiger partial charge in [-0.15, -0.1) is 11.3 Å². The summed E-state index contributed by atoms with van der Waals surface area (Å²) in [5.41, 5.74) is 1.89. The molecule has 0 aliphatic heterocycles. The van der Waals surface area contributed by atoms with Crippen molar-refractivity contribution in [3.05, 3.63) is 56.7 Å². The lowest BCUT2D eigenvalue weighted by atomic mass is 10.1. The van der Waals surface area contributed by atoms with Crippen molar-refractivity contribution >= 4 is 28.8 Å². The number of carbonyl (C=O) groups is 1. The highest BCUT2D eigenvalue weighted by Crippen LogP contribution is 2.21. The summed E-state index contributed by atoms with van der Waals surface area (Å²) in [6.45, 7) is 0.530. The van der Waals surface area contributed by atoms with Gasteiger partial charge in [0.1, 0.15) is 0 Å². The number of aliphatic hydroxyl groups is 1. The summed E-state index contributed by atoms with van der Waals surface area (Å²) < 4.78 is 0.603. The molecule has 1 amide bonds. The van der Waals surface area contributed by atoms with Gasteiger partial charge in [-0.3, -0.25) is 4.79 Å². The summed E-state index contributed by atoms with van der Waals surface area (Å²) >= 11 is 7.06. The number of nitrogens with one attached hydrogen (secondary N) is 1. The third-order valence-electron chi connectivity index (χ3n) is 2.67. The van der Waals surface area contributed by atoms with E-state index in [1.165, 1.54) is 11.3 Å². The summed E-state index contributed by atoms with van der Waals surface area (Å²) in [6.07, 6.45) is 0.473. The van der Waals surface area contributed by atoms with Crippen molar-refractivity contribution in [2.24, 2.45) is 0 Å². The Morgan fingerprint density at radius 1 is 1.24 bits per heavy atom. The second-order valence-electron chi connectivity index (χ2n) is 4.26. The molecule has 0 saturated carbocycles. The Hall–Kier alpha value is -1.80. The van der Waals surface area contributed by atoms with Gasteiger partial charge in [-0.25, -0.2) is 0 Å². The van der Waals surface area contributed by atoms with Crippen LogP contribution in [0.4, 0.5) is 0 Å². The molecule has 0 atom stereocenters. The standard InChI is InChI=1S/C16H14ClNO2S/c17-15-9-8-14(21-15)16(20)18-11-13-6-4-12(5-7-13)3-1-2-10-19/h4-9,19H,2,10-11H2,(H,18,20). The Bertz CT molecular complexity index is 668. The highest BCUT2D eigenvalue weighted by Gasteiger charge is 2.07. The molecule has 0 bridgehead atoms. The first kappa shape index (κ1) is 15.6. The molecule has 1 heterocycles. The van der Waals surface area contributed by atoms with E-state index >= 15 is 0 Å². The van der Waals surface area contributed by atoms with Gasteiger partial charge < -0.3 is 10.4 Å². The second-order valence-corrected chi connectivity index (χ2v) is 5.97. The Morgan fingerprint density at radius 3 is 2.62 bits per heavy atom. The SMILES string of the molecule is O=C(NCc1ccc(C#CCCO)cc1)c1ccc(Cl)s1. The molecule has 0 spiro atoms. The van der Waals surface area contributed by atoms with Gasteiger partial charge in [0.05, 0.1) is 15.8 Å². The Labute approximate surface area is 132 Å². The molecule has 0 radical (unpaired) electrons. The molecular weight excluding hydrogens is 306 g/mol. The zero-order chi connectivity index (χ0) is 15.1. The smallest absolute Gasteiger partial charge is 0.261 e. The first-order valence-electron chi connectivity index (χ1n) is 6.41. The van der Waals surface area contributed by atoms with Crippen LogP contribution in [0.3, 0.4) is 0 Å². The maximum atomic E-state index is 11.9. The Balaban J connectivity index is 1.89. The van der Waals surface area contributed by atoms with Crippen LogP contribution < -0.4 is 5.32 Å². The molecule has 0 fully saturated rings. The zero-order valence-corrected chi connectivity index (χ0v) is 12.8. The molecular formula is C16H14ClNO2S. The number of rotatable bonds is 4. The van der Waals surface area contributed by atoms with E-state index in [1.807, 2.05) is 24.3 Å². The van der Waals surface area contributed by atoms with E-state index in [0.29, 0.717) is 22.2 Å². The van der Waals surface area contributed by atoms with Crippen molar-refractivity contribution < 1.29 is 9.90 Å². The molecule has 0 aliphatic rings. The molecule has 2 aromatic rings. The van der Waals surface area contributed by atoms with Crippen LogP contribution in [-0.4, -0.2) is 17.6 Å². The summed E-state index contributed by atoms with van der Waals surface area (Å²) in [5, 5.41) is 11.5. The molecule has 2 rings (SSSR count). The van der Waals surface area contributed by atoms with Crippen molar-refractivity contribution in [2.45, 2.75) is 13.0 Å². The first-order chi connectivity index (χ1) is 10.2. The largest absolute Gasteiger partial charge is 0.395 e. The van der Waals surface area contributed by atoms with E-state index in [9.17, 15) is 4.79 Å². The maximum absolute atomic E-state index is 11.9. The number of thiophene rings is 1. The average Bonchev–Trinajstić information content (AvgIpc) is 2.93. The van der Waals surface area contributed by atoms with Crippen molar-refractivity contribution in [3.8, 4) is 11.8 Å². The number of benzene rings is 1. The van der Waals surface area contributed by atoms with Crippen LogP contribution in [0.2, 0.25) is 4.34 Å². The van der Waals surface area contributed by atoms with E-state index in [-0.39, 0.29) is 12.5 Å². The van der Waals surface area contributed by atoms with Crippen molar-refractivity contribution in [1.82, 2.24) is 5.32 Å². The minimum absolute atomic E-state index is 0.0733. The molecule has 108 valence electrons. The molecule has 0 aliphatic carbocycles. The predicted molar refractivity (Wildman–Crippen MR) is 85.5 cm³/mol. The predicted octanol–water partition coefficient (Wildman–Crippen LogP) is 3.07. The van der Waals surface area contributed by atoms with Crippen LogP contribution in [0, 0.1) is 11.8 Å². The van der Waals surface area contributed by atoms with Gasteiger partial charge in [-0.2, -0.15) is 0 Å². The normalized spacial score (nSPS) is 9.81. The molecule has 0 unspecified atom stereocenters. The molecule has 1 aromatic heterocycles. The maximum Gasteiger partial charge on any atom is 0.261 e. The quantitative estimate of drug-likeness (QED) is 0.851. The number of amides is 1. The summed E-state index contributed by atoms with van der Waals surface area (Å²) in [5.74, 6) is 5.69. The molecule has 5 heteroatoms. The molecule has 1 aromatic carbocycles. The third kappa shape index (κ3) is 4.91. The third-order valence-corrected chi connectivity index (χ3v) is 3.90. The fourth-order valence-corrected chi connectivity index (χ4v) is 2.59. The van der Waals surface area contributed by atoms with Crippen LogP contribution in [-0.2, 0) is 6.54 Å². The van der Waals surface area contributed by atoms with E-state index < -0.39 is 0 Å². The van der Waals surface area contributed by atoms with Gasteiger partial charge in [0.2, 0.25) is 0 Å². The second kappa shape index (κ2) is 7.84. The zero-order valence-electron chi connectivity index (χ0n) is 11.2. The summed E-state index contributed by atoms with van der Waals surface area (Å²) in [4.78, 5) is 12.5. The van der Waals surface area contributed by atoms with Crippen molar-refractivity contribution in [1.29, 1.82) is 0 Å². The lowest BCUT2D eigenvalue weighted by molar-refractivity contribution is 0.0955. The monoisotopic (exact) mass is 319 g/mol. The number of aliphatic hydroxyl groups excluding tert-OH is 1. The Kier molecular flexibility index (Phi) is 5.82. The minimum atomic E-state index is -0.126. The van der Waals surface area contributed by atoms with Crippen molar-refractivity contribution in [3.63, 3.8) is 0 Å². The molecule has 2 N–H and O–H groups in total. The fourth-order valence-electron chi connectivity index (χ4n) is 1.63. The number of halogens is 1. The van der Waals surface area contributed by atoms with Gasteiger partial charge in [0.15, 0.2) is 0 Å². The Morgan fingerprint density at radius 2 is 2.00 bits per heavy atom. The van der Waals surface area contributed by atoms with Crippen LogP contribution >= 0.6 is 22.9 Å². The molecule has 21 heavy (non-hydrogen) atoms. The summed E-state index contributed by atoms with van der Waals surface area (Å²) in [6, 6.07) is 11.1. The van der Waals surface area contributed by atoms with E-state index in [0.717, 1.165) is 11.1 Å². The highest BCUT2D eigenvalue weighted by molar-refractivity contribution is 7.17. The van der Waals surface area contributed by atoms with Crippen LogP contribution in [0.25, 0.3) is 0 Å². The van der Waals surface area contributed by atoms with Gasteiger partial charge in [-0.05, 0) is 29.8 Å². The van der Waals surface area contributed by atoms with E-state index in [1.54, 1.807) is 12.1 Å². The van der Waals surface area contributed by atoms with Crippen LogP contribution in [0.15, 0.2) is 36.4 Å². The van der Waals surface area contributed by atoms with Crippen LogP contribution in [0.1, 0.15) is 27.2 Å². The molecule has 3 nitrogen and oxygen atoms in total. The lowest BCUT2D eigenvalue weighted by Crippen LogP contribution is -2.21. The topological polar surface area (TPSA) is 49.3 Å². The van der Waals surface area contributed by atoms with Gasteiger partial charge in [-0.1, -0.05) is 35.6 Å². The van der Waals surface area contributed by atoms with Gasteiger partial charge >= 0.3 is 0 Å². The van der Waals surface area contributed by atoms with Crippen molar-refractivity contribution in [2.75, 3.05) is 6.61 Å². The fraction of sp³-hybridized carbons (Fsp3) is 0.188. The minimum Gasteiger partial charge on any atom is -0.395 e. The first-order valence-corrected chi connectivity index (χ1v) is 7.60. The number of hydrogen-bond donors (Lipinski definition) is 2. The van der Waals surface area contributed by atoms with E-state index in [4.69, 9.17) is 16.7 Å². The van der Waals surface area contributed by atoms with Gasteiger partial charge in [0, 0.05) is 18.5 Å². The highest BCUT2D eigenvalue weighted by atomic mass is 35.5. The summed E-state index contributed by atoms with van der Waals surface area (Å²) in [7, 11) is 0. The lowest BCUT2D eigenvalue weighted by Gasteiger charge is -2.04. The van der Waals surface area contributed by atoms with Crippen LogP contribution in [0.5, 0.6) is 0 Å². The molecule has 0 saturated heterocycles.